The van der Waals surface area contributed by atoms with E-state index in [2.05, 4.69) is 19.2 Å². The van der Waals surface area contributed by atoms with Crippen molar-refractivity contribution in [1.29, 1.82) is 0 Å². The number of benzene rings is 1. The van der Waals surface area contributed by atoms with E-state index in [4.69, 9.17) is 11.6 Å². The van der Waals surface area contributed by atoms with Gasteiger partial charge < -0.3 is 5.32 Å². The molecule has 1 N–H and O–H groups in total. The van der Waals surface area contributed by atoms with Gasteiger partial charge in [-0.3, -0.25) is 0 Å². The molecule has 1 aromatic rings. The molecule has 2 rings (SSSR count). The maximum Gasteiger partial charge on any atom is 0.141 e. The predicted octanol–water partition coefficient (Wildman–Crippen LogP) is 5.25. The Morgan fingerprint density at radius 2 is 2.06 bits per heavy atom. The molecule has 0 spiro atoms. The van der Waals surface area contributed by atoms with E-state index >= 15 is 0 Å². The van der Waals surface area contributed by atoms with E-state index in [0.29, 0.717) is 11.5 Å². The normalized spacial score (nSPS) is 23.4. The van der Waals surface area contributed by atoms with E-state index in [1.54, 1.807) is 12.1 Å². The average Bonchev–Trinajstić information content (AvgIpc) is 2.46. The third-order valence-corrected chi connectivity index (χ3v) is 4.16. The largest absolute Gasteiger partial charge is 0.382 e. The third kappa shape index (κ3) is 3.61. The van der Waals surface area contributed by atoms with Gasteiger partial charge in [-0.2, -0.15) is 0 Å². The Labute approximate surface area is 114 Å². The molecule has 0 bridgehead atoms. The smallest absolute Gasteiger partial charge is 0.141 e. The van der Waals surface area contributed by atoms with Crippen molar-refractivity contribution in [3.05, 3.63) is 29.0 Å². The van der Waals surface area contributed by atoms with E-state index in [9.17, 15) is 4.39 Å². The molecule has 1 aromatic carbocycles. The number of hydrogen-bond acceptors (Lipinski definition) is 1. The fourth-order valence-electron chi connectivity index (χ4n) is 2.63. The molecule has 0 amide bonds. The first-order chi connectivity index (χ1) is 8.46. The van der Waals surface area contributed by atoms with Crippen LogP contribution in [-0.2, 0) is 0 Å². The summed E-state index contributed by atoms with van der Waals surface area (Å²) in [5.74, 6) is -0.357. The first kappa shape index (κ1) is 13.7. The zero-order valence-corrected chi connectivity index (χ0v) is 11.9. The van der Waals surface area contributed by atoms with Crippen LogP contribution in [-0.4, -0.2) is 6.04 Å². The lowest BCUT2D eigenvalue weighted by Gasteiger charge is -2.22. The molecule has 1 unspecified atom stereocenters. The third-order valence-electron chi connectivity index (χ3n) is 3.87. The quantitative estimate of drug-likeness (QED) is 0.723. The van der Waals surface area contributed by atoms with Crippen LogP contribution < -0.4 is 5.32 Å². The highest BCUT2D eigenvalue weighted by atomic mass is 35.5. The second-order valence-electron chi connectivity index (χ2n) is 6.07. The molecule has 18 heavy (non-hydrogen) atoms. The van der Waals surface area contributed by atoms with Gasteiger partial charge >= 0.3 is 0 Å². The van der Waals surface area contributed by atoms with Crippen molar-refractivity contribution in [2.45, 2.75) is 52.0 Å². The van der Waals surface area contributed by atoms with E-state index < -0.39 is 0 Å². The van der Waals surface area contributed by atoms with Crippen molar-refractivity contribution in [2.75, 3.05) is 5.32 Å². The van der Waals surface area contributed by atoms with Crippen LogP contribution >= 0.6 is 11.6 Å². The van der Waals surface area contributed by atoms with Crippen molar-refractivity contribution in [1.82, 2.24) is 0 Å². The van der Waals surface area contributed by atoms with Crippen LogP contribution in [0.5, 0.6) is 0 Å². The van der Waals surface area contributed by atoms with Gasteiger partial charge in [0.2, 0.25) is 0 Å². The summed E-state index contributed by atoms with van der Waals surface area (Å²) in [5.41, 5.74) is 1.38. The number of hydrogen-bond donors (Lipinski definition) is 1. The van der Waals surface area contributed by atoms with Crippen LogP contribution in [0, 0.1) is 11.2 Å². The number of rotatable bonds is 2. The predicted molar refractivity (Wildman–Crippen MR) is 75.7 cm³/mol. The molecule has 0 aliphatic heterocycles. The van der Waals surface area contributed by atoms with Gasteiger partial charge in [-0.05, 0) is 49.3 Å². The fourth-order valence-corrected chi connectivity index (χ4v) is 2.81. The van der Waals surface area contributed by atoms with Crippen molar-refractivity contribution in [3.63, 3.8) is 0 Å². The van der Waals surface area contributed by atoms with Gasteiger partial charge in [0, 0.05) is 11.7 Å². The molecular formula is C15H21ClFN. The lowest BCUT2D eigenvalue weighted by Crippen LogP contribution is -2.19. The van der Waals surface area contributed by atoms with Gasteiger partial charge in [0.15, 0.2) is 0 Å². The Bertz CT molecular complexity index is 417. The summed E-state index contributed by atoms with van der Waals surface area (Å²) in [7, 11) is 0. The van der Waals surface area contributed by atoms with Crippen LogP contribution in [0.1, 0.15) is 46.0 Å². The Balaban J connectivity index is 1.98. The summed E-state index contributed by atoms with van der Waals surface area (Å²) in [6.45, 7) is 4.67. The molecule has 1 aliphatic rings. The maximum atomic E-state index is 13.1. The summed E-state index contributed by atoms with van der Waals surface area (Å²) in [6.07, 6.45) is 6.12. The topological polar surface area (TPSA) is 12.0 Å². The van der Waals surface area contributed by atoms with Crippen LogP contribution in [0.2, 0.25) is 5.02 Å². The summed E-state index contributed by atoms with van der Waals surface area (Å²) < 4.78 is 13.1. The zero-order chi connectivity index (χ0) is 13.2. The fraction of sp³-hybridized carbons (Fsp3) is 0.600. The molecule has 1 saturated carbocycles. The molecule has 0 aromatic heterocycles. The second kappa shape index (κ2) is 5.48. The van der Waals surface area contributed by atoms with Gasteiger partial charge in [-0.1, -0.05) is 31.9 Å². The van der Waals surface area contributed by atoms with Crippen molar-refractivity contribution >= 4 is 17.3 Å². The SMILES string of the molecule is CC1(C)CCCC(Nc2ccc(F)c(Cl)c2)CC1. The highest BCUT2D eigenvalue weighted by molar-refractivity contribution is 6.31. The standard InChI is InChI=1S/C15H21ClFN/c1-15(2)8-3-4-11(7-9-15)18-12-5-6-14(17)13(16)10-12/h5-6,10-11,18H,3-4,7-9H2,1-2H3. The zero-order valence-electron chi connectivity index (χ0n) is 11.1. The van der Waals surface area contributed by atoms with Gasteiger partial charge in [-0.25, -0.2) is 4.39 Å². The molecular weight excluding hydrogens is 249 g/mol. The first-order valence-corrected chi connectivity index (χ1v) is 7.06. The Morgan fingerprint density at radius 1 is 1.28 bits per heavy atom. The molecule has 3 heteroatoms. The Morgan fingerprint density at radius 3 is 2.78 bits per heavy atom. The van der Waals surface area contributed by atoms with Gasteiger partial charge in [-0.15, -0.1) is 0 Å². The summed E-state index contributed by atoms with van der Waals surface area (Å²) in [4.78, 5) is 0. The molecule has 0 radical (unpaired) electrons. The molecule has 100 valence electrons. The van der Waals surface area contributed by atoms with Crippen molar-refractivity contribution < 1.29 is 4.39 Å². The minimum Gasteiger partial charge on any atom is -0.382 e. The van der Waals surface area contributed by atoms with Crippen molar-refractivity contribution in [2.24, 2.45) is 5.41 Å². The van der Waals surface area contributed by atoms with E-state index in [1.807, 2.05) is 0 Å². The highest BCUT2D eigenvalue weighted by Gasteiger charge is 2.24. The van der Waals surface area contributed by atoms with E-state index in [0.717, 1.165) is 5.69 Å². The molecule has 0 heterocycles. The first-order valence-electron chi connectivity index (χ1n) is 6.68. The maximum absolute atomic E-state index is 13.1. The molecule has 1 fully saturated rings. The molecule has 1 aliphatic carbocycles. The minimum absolute atomic E-state index is 0.189. The minimum atomic E-state index is -0.357. The van der Waals surface area contributed by atoms with Crippen molar-refractivity contribution in [3.8, 4) is 0 Å². The van der Waals surface area contributed by atoms with Crippen LogP contribution in [0.25, 0.3) is 0 Å². The average molecular weight is 270 g/mol. The Hall–Kier alpha value is -0.760. The number of halogens is 2. The molecule has 0 saturated heterocycles. The Kier molecular flexibility index (Phi) is 4.16. The van der Waals surface area contributed by atoms with Crippen LogP contribution in [0.4, 0.5) is 10.1 Å². The van der Waals surface area contributed by atoms with E-state index in [1.165, 1.54) is 38.2 Å². The monoisotopic (exact) mass is 269 g/mol. The summed E-state index contributed by atoms with van der Waals surface area (Å²) in [5, 5.41) is 3.66. The van der Waals surface area contributed by atoms with Gasteiger partial charge in [0.1, 0.15) is 5.82 Å². The highest BCUT2D eigenvalue weighted by Crippen LogP contribution is 2.34. The number of anilines is 1. The second-order valence-corrected chi connectivity index (χ2v) is 6.47. The molecule has 1 nitrogen and oxygen atoms in total. The lowest BCUT2D eigenvalue weighted by molar-refractivity contribution is 0.313. The van der Waals surface area contributed by atoms with Gasteiger partial charge in [0.05, 0.1) is 5.02 Å². The summed E-state index contributed by atoms with van der Waals surface area (Å²) in [6, 6.07) is 5.34. The van der Waals surface area contributed by atoms with Crippen LogP contribution in [0.15, 0.2) is 18.2 Å². The summed E-state index contributed by atoms with van der Waals surface area (Å²) >= 11 is 5.79. The molecule has 1 atom stereocenters. The lowest BCUT2D eigenvalue weighted by atomic mass is 9.85. The van der Waals surface area contributed by atoms with Crippen LogP contribution in [0.3, 0.4) is 0 Å². The number of nitrogens with one attached hydrogen (secondary N) is 1. The van der Waals surface area contributed by atoms with Gasteiger partial charge in [0.25, 0.3) is 0 Å². The van der Waals surface area contributed by atoms with E-state index in [-0.39, 0.29) is 10.8 Å².